The minimum Gasteiger partial charge on any atom is -0.272 e. The second-order valence-electron chi connectivity index (χ2n) is 7.24. The molecule has 0 fully saturated rings. The third kappa shape index (κ3) is 7.23. The van der Waals surface area contributed by atoms with Gasteiger partial charge in [-0.25, -0.2) is 13.8 Å². The Kier molecular flexibility index (Phi) is 8.80. The Hall–Kier alpha value is -2.52. The molecule has 0 atom stereocenters. The zero-order valence-electron chi connectivity index (χ0n) is 17.9. The normalized spacial score (nSPS) is 11.8. The first-order chi connectivity index (χ1) is 15.8. The van der Waals surface area contributed by atoms with E-state index in [1.165, 1.54) is 36.0 Å². The van der Waals surface area contributed by atoms with Crippen LogP contribution in [0.4, 0.5) is 0 Å². The summed E-state index contributed by atoms with van der Waals surface area (Å²) in [6, 6.07) is 20.8. The summed E-state index contributed by atoms with van der Waals surface area (Å²) in [7, 11) is -3.96. The van der Waals surface area contributed by atoms with Gasteiger partial charge in [0.15, 0.2) is 0 Å². The van der Waals surface area contributed by atoms with Crippen LogP contribution in [0.25, 0.3) is 0 Å². The summed E-state index contributed by atoms with van der Waals surface area (Å²) in [5.74, 6) is -0.550. The smallest absolute Gasteiger partial charge is 0.255 e. The van der Waals surface area contributed by atoms with E-state index in [1.807, 2.05) is 36.4 Å². The first-order valence-electron chi connectivity index (χ1n) is 10.2. The maximum Gasteiger partial charge on any atom is 0.255 e. The fourth-order valence-corrected chi connectivity index (χ4v) is 4.76. The van der Waals surface area contributed by atoms with Crippen molar-refractivity contribution in [2.75, 3.05) is 6.54 Å². The van der Waals surface area contributed by atoms with Crippen LogP contribution in [-0.4, -0.2) is 31.4 Å². The number of halogens is 2. The van der Waals surface area contributed by atoms with Crippen LogP contribution in [0.1, 0.15) is 23.6 Å². The molecule has 33 heavy (non-hydrogen) atoms. The highest BCUT2D eigenvalue weighted by molar-refractivity contribution is 9.10. The van der Waals surface area contributed by atoms with E-state index in [4.69, 9.17) is 11.6 Å². The molecule has 1 N–H and O–H groups in total. The molecule has 3 aromatic rings. The van der Waals surface area contributed by atoms with Gasteiger partial charge in [0.1, 0.15) is 0 Å². The number of carbonyl (C=O) groups excluding carboxylic acids is 1. The second-order valence-corrected chi connectivity index (χ2v) is 10.5. The Morgan fingerprint density at radius 3 is 2.21 bits per heavy atom. The van der Waals surface area contributed by atoms with Crippen molar-refractivity contribution >= 4 is 49.7 Å². The summed E-state index contributed by atoms with van der Waals surface area (Å²) in [4.78, 5) is 12.6. The van der Waals surface area contributed by atoms with E-state index in [9.17, 15) is 13.2 Å². The lowest BCUT2D eigenvalue weighted by atomic mass is 10.1. The lowest BCUT2D eigenvalue weighted by Gasteiger charge is -2.21. The molecule has 3 rings (SSSR count). The van der Waals surface area contributed by atoms with Gasteiger partial charge < -0.3 is 0 Å². The lowest BCUT2D eigenvalue weighted by Crippen LogP contribution is -2.39. The van der Waals surface area contributed by atoms with Crippen LogP contribution in [0.3, 0.4) is 0 Å². The molecular formula is C24H23BrClN3O3S. The van der Waals surface area contributed by atoms with Crippen molar-refractivity contribution in [1.29, 1.82) is 0 Å². The molecule has 3 aromatic carbocycles. The molecule has 0 saturated heterocycles. The Labute approximate surface area is 207 Å². The summed E-state index contributed by atoms with van der Waals surface area (Å²) in [5.41, 5.74) is 5.18. The van der Waals surface area contributed by atoms with Crippen LogP contribution in [0, 0.1) is 0 Å². The minimum atomic E-state index is -3.96. The Morgan fingerprint density at radius 2 is 1.61 bits per heavy atom. The van der Waals surface area contributed by atoms with Gasteiger partial charge in [0.05, 0.1) is 17.7 Å². The van der Waals surface area contributed by atoms with Gasteiger partial charge in [-0.2, -0.15) is 9.41 Å². The van der Waals surface area contributed by atoms with Gasteiger partial charge in [0, 0.05) is 16.0 Å². The van der Waals surface area contributed by atoms with Crippen LogP contribution >= 0.6 is 27.5 Å². The van der Waals surface area contributed by atoms with E-state index in [1.54, 1.807) is 12.1 Å². The standard InChI is InChI=1S/C24H23BrClN3O3S/c1-2-18-3-5-19(6-4-18)15-27-28-24(30)17-29(16-20-7-9-21(25)10-8-20)33(31,32)23-13-11-22(26)12-14-23/h3-15H,2,16-17H2,1H3,(H,28,30)/b27-15-. The molecule has 0 aliphatic carbocycles. The van der Waals surface area contributed by atoms with Crippen LogP contribution in [-0.2, 0) is 27.8 Å². The summed E-state index contributed by atoms with van der Waals surface area (Å²) in [6.07, 6.45) is 2.45. The number of hydrogen-bond donors (Lipinski definition) is 1. The fraction of sp³-hybridized carbons (Fsp3) is 0.167. The highest BCUT2D eigenvalue weighted by Crippen LogP contribution is 2.21. The van der Waals surface area contributed by atoms with Crippen molar-refractivity contribution < 1.29 is 13.2 Å². The van der Waals surface area contributed by atoms with Gasteiger partial charge in [0.25, 0.3) is 5.91 Å². The largest absolute Gasteiger partial charge is 0.272 e. The van der Waals surface area contributed by atoms with Crippen molar-refractivity contribution in [2.24, 2.45) is 5.10 Å². The third-order valence-electron chi connectivity index (χ3n) is 4.83. The van der Waals surface area contributed by atoms with Crippen LogP contribution in [0.2, 0.25) is 5.02 Å². The zero-order valence-corrected chi connectivity index (χ0v) is 21.1. The molecule has 1 amide bonds. The van der Waals surface area contributed by atoms with Crippen molar-refractivity contribution in [3.05, 3.63) is 99.0 Å². The van der Waals surface area contributed by atoms with Crippen molar-refractivity contribution in [3.8, 4) is 0 Å². The third-order valence-corrected chi connectivity index (χ3v) is 7.42. The monoisotopic (exact) mass is 547 g/mol. The summed E-state index contributed by atoms with van der Waals surface area (Å²) in [6.45, 7) is 1.70. The van der Waals surface area contributed by atoms with E-state index >= 15 is 0 Å². The Balaban J connectivity index is 1.76. The number of aryl methyl sites for hydroxylation is 1. The van der Waals surface area contributed by atoms with Crippen molar-refractivity contribution in [2.45, 2.75) is 24.8 Å². The highest BCUT2D eigenvalue weighted by atomic mass is 79.9. The Morgan fingerprint density at radius 1 is 1.00 bits per heavy atom. The minimum absolute atomic E-state index is 0.0217. The molecule has 172 valence electrons. The number of hydrazone groups is 1. The molecule has 0 unspecified atom stereocenters. The van der Waals surface area contributed by atoms with Crippen molar-refractivity contribution in [1.82, 2.24) is 9.73 Å². The van der Waals surface area contributed by atoms with E-state index in [-0.39, 0.29) is 11.4 Å². The van der Waals surface area contributed by atoms with Gasteiger partial charge >= 0.3 is 0 Å². The molecule has 0 aliphatic rings. The molecule has 6 nitrogen and oxygen atoms in total. The maximum absolute atomic E-state index is 13.3. The number of rotatable bonds is 9. The second kappa shape index (κ2) is 11.6. The number of amides is 1. The number of hydrogen-bond acceptors (Lipinski definition) is 4. The molecule has 0 heterocycles. The number of nitrogens with zero attached hydrogens (tertiary/aromatic N) is 2. The van der Waals surface area contributed by atoms with Gasteiger partial charge in [-0.15, -0.1) is 0 Å². The van der Waals surface area contributed by atoms with E-state index in [0.717, 1.165) is 26.3 Å². The predicted octanol–water partition coefficient (Wildman–Crippen LogP) is 5.01. The molecule has 0 aromatic heterocycles. The highest BCUT2D eigenvalue weighted by Gasteiger charge is 2.27. The lowest BCUT2D eigenvalue weighted by molar-refractivity contribution is -0.121. The van der Waals surface area contributed by atoms with Crippen LogP contribution < -0.4 is 5.43 Å². The molecule has 0 radical (unpaired) electrons. The van der Waals surface area contributed by atoms with Crippen LogP contribution in [0.5, 0.6) is 0 Å². The summed E-state index contributed by atoms with van der Waals surface area (Å²) < 4.78 is 28.5. The van der Waals surface area contributed by atoms with Gasteiger partial charge in [-0.3, -0.25) is 4.79 Å². The number of benzene rings is 3. The number of nitrogens with one attached hydrogen (secondary N) is 1. The Bertz CT molecular complexity index is 1210. The average Bonchev–Trinajstić information content (AvgIpc) is 2.81. The number of carbonyl (C=O) groups is 1. The number of sulfonamides is 1. The van der Waals surface area contributed by atoms with Crippen molar-refractivity contribution in [3.63, 3.8) is 0 Å². The zero-order chi connectivity index (χ0) is 23.8. The fourth-order valence-electron chi connectivity index (χ4n) is 2.99. The molecule has 9 heteroatoms. The first-order valence-corrected chi connectivity index (χ1v) is 12.8. The first kappa shape index (κ1) is 25.1. The SMILES string of the molecule is CCc1ccc(/C=N\NC(=O)CN(Cc2ccc(Br)cc2)S(=O)(=O)c2ccc(Cl)cc2)cc1. The van der Waals surface area contributed by atoms with Gasteiger partial charge in [-0.1, -0.05) is 70.9 Å². The van der Waals surface area contributed by atoms with E-state index in [2.05, 4.69) is 33.4 Å². The maximum atomic E-state index is 13.3. The molecule has 0 spiro atoms. The quantitative estimate of drug-likeness (QED) is 0.302. The molecule has 0 bridgehead atoms. The van der Waals surface area contributed by atoms with E-state index < -0.39 is 22.5 Å². The topological polar surface area (TPSA) is 78.8 Å². The van der Waals surface area contributed by atoms with E-state index in [0.29, 0.717) is 5.02 Å². The molecule has 0 aliphatic heterocycles. The van der Waals surface area contributed by atoms with Gasteiger partial charge in [-0.05, 0) is 59.5 Å². The predicted molar refractivity (Wildman–Crippen MR) is 135 cm³/mol. The molecule has 0 saturated carbocycles. The average molecular weight is 549 g/mol. The summed E-state index contributed by atoms with van der Waals surface area (Å²) >= 11 is 9.27. The summed E-state index contributed by atoms with van der Waals surface area (Å²) in [5, 5.41) is 4.39. The molecular weight excluding hydrogens is 526 g/mol. The van der Waals surface area contributed by atoms with Crippen LogP contribution in [0.15, 0.2) is 87.3 Å². The van der Waals surface area contributed by atoms with Gasteiger partial charge in [0.2, 0.25) is 10.0 Å².